The fourth-order valence-electron chi connectivity index (χ4n) is 2.60. The van der Waals surface area contributed by atoms with E-state index in [1.165, 1.54) is 13.4 Å². The van der Waals surface area contributed by atoms with Crippen LogP contribution in [0.1, 0.15) is 73.8 Å². The van der Waals surface area contributed by atoms with E-state index in [2.05, 4.69) is 30.5 Å². The van der Waals surface area contributed by atoms with Gasteiger partial charge in [-0.2, -0.15) is 0 Å². The van der Waals surface area contributed by atoms with E-state index in [0.717, 1.165) is 5.56 Å². The van der Waals surface area contributed by atoms with Crippen molar-refractivity contribution in [2.45, 2.75) is 59.0 Å². The summed E-state index contributed by atoms with van der Waals surface area (Å²) in [5.74, 6) is -0.415. The molecule has 6 nitrogen and oxygen atoms in total. The van der Waals surface area contributed by atoms with Crippen molar-refractivity contribution in [2.75, 3.05) is 7.11 Å². The van der Waals surface area contributed by atoms with Gasteiger partial charge in [0.05, 0.1) is 13.7 Å². The Morgan fingerprint density at radius 3 is 2.15 bits per heavy atom. The maximum Gasteiger partial charge on any atom is 0.360 e. The van der Waals surface area contributed by atoms with Crippen LogP contribution in [0.3, 0.4) is 0 Å². The number of amides is 1. The first-order valence-corrected chi connectivity index (χ1v) is 8.88. The molecule has 0 aliphatic rings. The molecule has 0 radical (unpaired) electrons. The smallest absolute Gasteiger partial charge is 0.360 e. The summed E-state index contributed by atoms with van der Waals surface area (Å²) in [5, 5.41) is 0. The Bertz CT molecular complexity index is 808. The molecular weight excluding hydrogens is 344 g/mol. The van der Waals surface area contributed by atoms with E-state index in [0.29, 0.717) is 5.56 Å². The Morgan fingerprint density at radius 2 is 1.67 bits per heavy atom. The van der Waals surface area contributed by atoms with Crippen molar-refractivity contribution in [3.63, 3.8) is 0 Å². The van der Waals surface area contributed by atoms with Crippen LogP contribution in [0.4, 0.5) is 0 Å². The number of carbonyl (C=O) groups is 2. The number of benzene rings is 1. The Kier molecular flexibility index (Phi) is 5.78. The average molecular weight is 372 g/mol. The van der Waals surface area contributed by atoms with Gasteiger partial charge in [-0.15, -0.1) is 0 Å². The highest BCUT2D eigenvalue weighted by Crippen LogP contribution is 2.25. The van der Waals surface area contributed by atoms with E-state index in [1.807, 2.05) is 45.0 Å². The third-order valence-electron chi connectivity index (χ3n) is 4.29. The van der Waals surface area contributed by atoms with Crippen molar-refractivity contribution in [1.29, 1.82) is 0 Å². The summed E-state index contributed by atoms with van der Waals surface area (Å²) in [5.41, 5.74) is 1.41. The fourth-order valence-corrected chi connectivity index (χ4v) is 2.60. The second-order valence-electron chi connectivity index (χ2n) is 8.51. The van der Waals surface area contributed by atoms with Crippen molar-refractivity contribution in [2.24, 2.45) is 0 Å². The quantitative estimate of drug-likeness (QED) is 0.752. The fraction of sp³-hybridized carbons (Fsp3) is 0.476. The molecule has 1 amide bonds. The predicted octanol–water partition coefficient (Wildman–Crippen LogP) is 4.20. The number of rotatable bonds is 4. The minimum atomic E-state index is -0.573. The second-order valence-corrected chi connectivity index (χ2v) is 8.51. The van der Waals surface area contributed by atoms with Gasteiger partial charge in [0, 0.05) is 11.1 Å². The predicted molar refractivity (Wildman–Crippen MR) is 103 cm³/mol. The first kappa shape index (κ1) is 20.7. The zero-order chi connectivity index (χ0) is 20.4. The van der Waals surface area contributed by atoms with Crippen LogP contribution >= 0.6 is 0 Å². The number of carbonyl (C=O) groups excluding carboxylic acids is 2. The van der Waals surface area contributed by atoms with Gasteiger partial charge in [0.15, 0.2) is 5.69 Å². The van der Waals surface area contributed by atoms with Gasteiger partial charge >= 0.3 is 5.97 Å². The number of ether oxygens (including phenoxy) is 1. The van der Waals surface area contributed by atoms with Crippen molar-refractivity contribution in [3.8, 4) is 0 Å². The number of nitrogens with zero attached hydrogens (tertiary/aromatic N) is 2. The first-order chi connectivity index (χ1) is 12.4. The molecule has 0 aliphatic heterocycles. The second kappa shape index (κ2) is 7.55. The van der Waals surface area contributed by atoms with Gasteiger partial charge in [-0.1, -0.05) is 32.9 Å². The lowest BCUT2D eigenvalue weighted by atomic mass is 9.86. The van der Waals surface area contributed by atoms with Gasteiger partial charge in [0.2, 0.25) is 5.89 Å². The van der Waals surface area contributed by atoms with E-state index in [4.69, 9.17) is 4.42 Å². The van der Waals surface area contributed by atoms with Crippen molar-refractivity contribution in [3.05, 3.63) is 53.2 Å². The van der Waals surface area contributed by atoms with Crippen LogP contribution in [-0.2, 0) is 16.7 Å². The third kappa shape index (κ3) is 4.96. The molecule has 1 heterocycles. The summed E-state index contributed by atoms with van der Waals surface area (Å²) in [6, 6.07) is 7.65. The molecule has 0 fully saturated rings. The standard InChI is InChI=1S/C21H28N2O4/c1-20(2,3)15-10-8-14(9-11-15)18(24)23(21(4,5)6)12-17-22-16(13-27-17)19(25)26-7/h8-11,13H,12H2,1-7H3. The van der Waals surface area contributed by atoms with Crippen LogP contribution in [0.25, 0.3) is 0 Å². The monoisotopic (exact) mass is 372 g/mol. The molecule has 0 N–H and O–H groups in total. The van der Waals surface area contributed by atoms with Gasteiger partial charge in [-0.05, 0) is 43.9 Å². The van der Waals surface area contributed by atoms with E-state index < -0.39 is 11.5 Å². The summed E-state index contributed by atoms with van der Waals surface area (Å²) < 4.78 is 9.99. The van der Waals surface area contributed by atoms with E-state index in [-0.39, 0.29) is 29.5 Å². The van der Waals surface area contributed by atoms with Crippen LogP contribution in [0, 0.1) is 0 Å². The summed E-state index contributed by atoms with van der Waals surface area (Å²) in [6.45, 7) is 12.4. The van der Waals surface area contributed by atoms with Crippen LogP contribution < -0.4 is 0 Å². The van der Waals surface area contributed by atoms with Gasteiger partial charge < -0.3 is 14.1 Å². The number of esters is 1. The first-order valence-electron chi connectivity index (χ1n) is 8.88. The Morgan fingerprint density at radius 1 is 1.07 bits per heavy atom. The molecular formula is C21H28N2O4. The molecule has 146 valence electrons. The molecule has 0 saturated carbocycles. The maximum atomic E-state index is 13.1. The zero-order valence-electron chi connectivity index (χ0n) is 17.1. The largest absolute Gasteiger partial charge is 0.464 e. The summed E-state index contributed by atoms with van der Waals surface area (Å²) in [7, 11) is 1.28. The molecule has 1 aromatic heterocycles. The lowest BCUT2D eigenvalue weighted by Gasteiger charge is -2.35. The number of hydrogen-bond donors (Lipinski definition) is 0. The molecule has 1 aromatic carbocycles. The van der Waals surface area contributed by atoms with Crippen molar-refractivity contribution < 1.29 is 18.7 Å². The number of methoxy groups -OCH3 is 1. The van der Waals surface area contributed by atoms with Crippen LogP contribution in [0.2, 0.25) is 0 Å². The van der Waals surface area contributed by atoms with Crippen molar-refractivity contribution >= 4 is 11.9 Å². The molecule has 27 heavy (non-hydrogen) atoms. The molecule has 0 unspecified atom stereocenters. The summed E-state index contributed by atoms with van der Waals surface area (Å²) in [6.07, 6.45) is 1.24. The highest BCUT2D eigenvalue weighted by Gasteiger charge is 2.29. The van der Waals surface area contributed by atoms with E-state index in [9.17, 15) is 9.59 Å². The zero-order valence-corrected chi connectivity index (χ0v) is 17.1. The number of oxazole rings is 1. The molecule has 2 aromatic rings. The van der Waals surface area contributed by atoms with Gasteiger partial charge in [-0.25, -0.2) is 9.78 Å². The molecule has 0 aliphatic carbocycles. The lowest BCUT2D eigenvalue weighted by Crippen LogP contribution is -2.45. The van der Waals surface area contributed by atoms with Crippen LogP contribution in [0.5, 0.6) is 0 Å². The third-order valence-corrected chi connectivity index (χ3v) is 4.29. The molecule has 0 spiro atoms. The van der Waals surface area contributed by atoms with E-state index in [1.54, 1.807) is 4.90 Å². The van der Waals surface area contributed by atoms with Crippen LogP contribution in [0.15, 0.2) is 34.9 Å². The molecule has 6 heteroatoms. The number of hydrogen-bond acceptors (Lipinski definition) is 5. The topological polar surface area (TPSA) is 72.6 Å². The molecule has 0 atom stereocenters. The maximum absolute atomic E-state index is 13.1. The molecule has 2 rings (SSSR count). The Hall–Kier alpha value is -2.63. The lowest BCUT2D eigenvalue weighted by molar-refractivity contribution is 0.0532. The Labute approximate surface area is 160 Å². The minimum Gasteiger partial charge on any atom is -0.464 e. The Balaban J connectivity index is 2.27. The van der Waals surface area contributed by atoms with Gasteiger partial charge in [0.1, 0.15) is 6.26 Å². The van der Waals surface area contributed by atoms with E-state index >= 15 is 0 Å². The van der Waals surface area contributed by atoms with Gasteiger partial charge in [0.25, 0.3) is 5.91 Å². The average Bonchev–Trinajstić information content (AvgIpc) is 3.05. The molecule has 0 saturated heterocycles. The SMILES string of the molecule is COC(=O)c1coc(CN(C(=O)c2ccc(C(C)(C)C)cc2)C(C)(C)C)n1. The van der Waals surface area contributed by atoms with Crippen LogP contribution in [-0.4, -0.2) is 34.4 Å². The minimum absolute atomic E-state index is 0.0215. The molecule has 0 bridgehead atoms. The van der Waals surface area contributed by atoms with Gasteiger partial charge in [-0.3, -0.25) is 4.79 Å². The highest BCUT2D eigenvalue weighted by atomic mass is 16.5. The summed E-state index contributed by atoms with van der Waals surface area (Å²) in [4.78, 5) is 30.5. The summed E-state index contributed by atoms with van der Waals surface area (Å²) >= 11 is 0. The normalized spacial score (nSPS) is 12.0. The van der Waals surface area contributed by atoms with Crippen molar-refractivity contribution in [1.82, 2.24) is 9.88 Å². The number of aromatic nitrogens is 1. The highest BCUT2D eigenvalue weighted by molar-refractivity contribution is 5.94.